The van der Waals surface area contributed by atoms with Gasteiger partial charge in [0.2, 0.25) is 5.91 Å². The zero-order valence-corrected chi connectivity index (χ0v) is 14.5. The van der Waals surface area contributed by atoms with E-state index in [0.717, 1.165) is 12.0 Å². The number of benzene rings is 2. The third kappa shape index (κ3) is 5.43. The second kappa shape index (κ2) is 8.99. The van der Waals surface area contributed by atoms with Crippen molar-refractivity contribution in [1.29, 1.82) is 0 Å². The Kier molecular flexibility index (Phi) is 6.71. The van der Waals surface area contributed by atoms with E-state index in [1.807, 2.05) is 44.2 Å². The van der Waals surface area contributed by atoms with Gasteiger partial charge in [0.15, 0.2) is 6.10 Å². The van der Waals surface area contributed by atoms with Crippen LogP contribution in [0.1, 0.15) is 37.5 Å². The maximum absolute atomic E-state index is 12.1. The van der Waals surface area contributed by atoms with Crippen LogP contribution in [0.15, 0.2) is 54.6 Å². The predicted octanol–water partition coefficient (Wildman–Crippen LogP) is 3.02. The number of carbonyl (C=O) groups is 2. The Morgan fingerprint density at radius 1 is 1.04 bits per heavy atom. The van der Waals surface area contributed by atoms with Crippen molar-refractivity contribution in [2.24, 2.45) is 5.92 Å². The van der Waals surface area contributed by atoms with Gasteiger partial charge in [0.25, 0.3) is 5.91 Å². The van der Waals surface area contributed by atoms with Crippen molar-refractivity contribution in [2.75, 3.05) is 5.32 Å². The van der Waals surface area contributed by atoms with Gasteiger partial charge >= 0.3 is 0 Å². The van der Waals surface area contributed by atoms with Gasteiger partial charge in [-0.2, -0.15) is 0 Å². The first-order valence-corrected chi connectivity index (χ1v) is 8.41. The molecule has 0 bridgehead atoms. The van der Waals surface area contributed by atoms with Crippen molar-refractivity contribution in [2.45, 2.75) is 32.9 Å². The third-order valence-electron chi connectivity index (χ3n) is 4.08. The summed E-state index contributed by atoms with van der Waals surface area (Å²) in [5.74, 6) is -0.534. The lowest BCUT2D eigenvalue weighted by Crippen LogP contribution is -2.28. The summed E-state index contributed by atoms with van der Waals surface area (Å²) in [5, 5.41) is 15.6. The van der Waals surface area contributed by atoms with Crippen molar-refractivity contribution in [1.82, 2.24) is 5.32 Å². The van der Waals surface area contributed by atoms with Crippen molar-refractivity contribution >= 4 is 17.5 Å². The average molecular weight is 340 g/mol. The molecule has 2 amide bonds. The minimum Gasteiger partial charge on any atom is -0.378 e. The third-order valence-corrected chi connectivity index (χ3v) is 4.08. The van der Waals surface area contributed by atoms with Crippen LogP contribution in [0.25, 0.3) is 0 Å². The smallest absolute Gasteiger partial charge is 0.253 e. The lowest BCUT2D eigenvalue weighted by molar-refractivity contribution is -0.129. The highest BCUT2D eigenvalue weighted by molar-refractivity contribution is 5.92. The maximum atomic E-state index is 12.1. The first-order valence-electron chi connectivity index (χ1n) is 8.41. The SMILES string of the molecule is CCC(C)C(=O)Nc1cccc(CNC(=O)C(O)c2ccccc2)c1. The fraction of sp³-hybridized carbons (Fsp3) is 0.300. The number of nitrogens with one attached hydrogen (secondary N) is 2. The highest BCUT2D eigenvalue weighted by atomic mass is 16.3. The molecular weight excluding hydrogens is 316 g/mol. The molecule has 2 unspecified atom stereocenters. The number of hydrogen-bond donors (Lipinski definition) is 3. The van der Waals surface area contributed by atoms with Crippen LogP contribution in [-0.4, -0.2) is 16.9 Å². The molecule has 0 aliphatic heterocycles. The second-order valence-electron chi connectivity index (χ2n) is 6.03. The molecule has 0 spiro atoms. The number of anilines is 1. The normalized spacial score (nSPS) is 12.9. The van der Waals surface area contributed by atoms with Gasteiger partial charge in [-0.25, -0.2) is 0 Å². The van der Waals surface area contributed by atoms with Crippen molar-refractivity contribution in [3.63, 3.8) is 0 Å². The largest absolute Gasteiger partial charge is 0.378 e. The molecule has 25 heavy (non-hydrogen) atoms. The summed E-state index contributed by atoms with van der Waals surface area (Å²) in [7, 11) is 0. The Morgan fingerprint density at radius 3 is 2.44 bits per heavy atom. The molecule has 5 nitrogen and oxygen atoms in total. The van der Waals surface area contributed by atoms with Crippen LogP contribution in [0.2, 0.25) is 0 Å². The van der Waals surface area contributed by atoms with E-state index in [9.17, 15) is 14.7 Å². The Balaban J connectivity index is 1.93. The summed E-state index contributed by atoms with van der Waals surface area (Å²) < 4.78 is 0. The maximum Gasteiger partial charge on any atom is 0.253 e. The van der Waals surface area contributed by atoms with E-state index in [0.29, 0.717) is 11.3 Å². The van der Waals surface area contributed by atoms with E-state index in [1.165, 1.54) is 0 Å². The first-order chi connectivity index (χ1) is 12.0. The van der Waals surface area contributed by atoms with Gasteiger partial charge in [-0.05, 0) is 29.7 Å². The Hall–Kier alpha value is -2.66. The zero-order chi connectivity index (χ0) is 18.2. The van der Waals surface area contributed by atoms with E-state index in [-0.39, 0.29) is 18.4 Å². The number of rotatable bonds is 7. The van der Waals surface area contributed by atoms with Gasteiger partial charge in [-0.3, -0.25) is 9.59 Å². The minimum absolute atomic E-state index is 0.0248. The fourth-order valence-electron chi connectivity index (χ4n) is 2.28. The van der Waals surface area contributed by atoms with E-state index in [2.05, 4.69) is 10.6 Å². The molecule has 0 fully saturated rings. The molecule has 3 N–H and O–H groups in total. The van der Waals surface area contributed by atoms with Gasteiger partial charge in [-0.15, -0.1) is 0 Å². The summed E-state index contributed by atoms with van der Waals surface area (Å²) in [4.78, 5) is 24.0. The number of hydrogen-bond acceptors (Lipinski definition) is 3. The number of carbonyl (C=O) groups excluding carboxylic acids is 2. The van der Waals surface area contributed by atoms with Crippen LogP contribution in [0, 0.1) is 5.92 Å². The molecule has 5 heteroatoms. The van der Waals surface area contributed by atoms with Gasteiger partial charge in [0, 0.05) is 18.2 Å². The van der Waals surface area contributed by atoms with Gasteiger partial charge in [0.1, 0.15) is 0 Å². The van der Waals surface area contributed by atoms with Crippen molar-refractivity contribution in [3.8, 4) is 0 Å². The molecule has 0 saturated carbocycles. The van der Waals surface area contributed by atoms with Crippen molar-refractivity contribution < 1.29 is 14.7 Å². The van der Waals surface area contributed by atoms with E-state index in [4.69, 9.17) is 0 Å². The summed E-state index contributed by atoms with van der Waals surface area (Å²) in [6, 6.07) is 16.1. The average Bonchev–Trinajstić information content (AvgIpc) is 2.65. The highest BCUT2D eigenvalue weighted by Crippen LogP contribution is 2.15. The molecule has 0 saturated heterocycles. The lowest BCUT2D eigenvalue weighted by atomic mass is 10.1. The van der Waals surface area contributed by atoms with Gasteiger partial charge in [-0.1, -0.05) is 56.3 Å². The molecule has 2 aromatic rings. The van der Waals surface area contributed by atoms with Crippen molar-refractivity contribution in [3.05, 3.63) is 65.7 Å². The summed E-state index contributed by atoms with van der Waals surface area (Å²) in [6.07, 6.45) is -0.423. The van der Waals surface area contributed by atoms with Crippen LogP contribution >= 0.6 is 0 Å². The summed E-state index contributed by atoms with van der Waals surface area (Å²) >= 11 is 0. The second-order valence-corrected chi connectivity index (χ2v) is 6.03. The van der Waals surface area contributed by atoms with Gasteiger partial charge in [0.05, 0.1) is 0 Å². The van der Waals surface area contributed by atoms with E-state index < -0.39 is 12.0 Å². The van der Waals surface area contributed by atoms with E-state index in [1.54, 1.807) is 24.3 Å². The quantitative estimate of drug-likeness (QED) is 0.725. The molecule has 0 aromatic heterocycles. The standard InChI is InChI=1S/C20H24N2O3/c1-3-14(2)19(24)22-17-11-7-8-15(12-17)13-21-20(25)18(23)16-9-5-4-6-10-16/h4-12,14,18,23H,3,13H2,1-2H3,(H,21,25)(H,22,24). The number of aliphatic hydroxyl groups excluding tert-OH is 1. The van der Waals surface area contributed by atoms with Crippen LogP contribution in [-0.2, 0) is 16.1 Å². The van der Waals surface area contributed by atoms with Crippen LogP contribution < -0.4 is 10.6 Å². The fourth-order valence-corrected chi connectivity index (χ4v) is 2.28. The molecule has 2 atom stereocenters. The molecule has 0 aliphatic carbocycles. The van der Waals surface area contributed by atoms with E-state index >= 15 is 0 Å². The van der Waals surface area contributed by atoms with Crippen LogP contribution in [0.5, 0.6) is 0 Å². The Bertz CT molecular complexity index is 716. The number of aliphatic hydroxyl groups is 1. The molecular formula is C20H24N2O3. The van der Waals surface area contributed by atoms with Crippen LogP contribution in [0.3, 0.4) is 0 Å². The Labute approximate surface area is 148 Å². The molecule has 0 heterocycles. The van der Waals surface area contributed by atoms with Gasteiger partial charge < -0.3 is 15.7 Å². The zero-order valence-electron chi connectivity index (χ0n) is 14.5. The molecule has 0 aliphatic rings. The summed E-state index contributed by atoms with van der Waals surface area (Å²) in [6.45, 7) is 4.12. The van der Waals surface area contributed by atoms with Crippen LogP contribution in [0.4, 0.5) is 5.69 Å². The molecule has 0 radical (unpaired) electrons. The lowest BCUT2D eigenvalue weighted by Gasteiger charge is -2.13. The first kappa shape index (κ1) is 18.7. The summed E-state index contributed by atoms with van der Waals surface area (Å²) in [5.41, 5.74) is 2.09. The molecule has 132 valence electrons. The Morgan fingerprint density at radius 2 is 1.76 bits per heavy atom. The monoisotopic (exact) mass is 340 g/mol. The molecule has 2 rings (SSSR count). The predicted molar refractivity (Wildman–Crippen MR) is 97.8 cm³/mol. The number of amides is 2. The molecule has 2 aromatic carbocycles. The topological polar surface area (TPSA) is 78.4 Å². The minimum atomic E-state index is -1.20. The highest BCUT2D eigenvalue weighted by Gasteiger charge is 2.16.